The largest absolute Gasteiger partial charge is 0.374 e. The number of para-hydroxylation sites is 2. The molecule has 0 saturated carbocycles. The first-order chi connectivity index (χ1) is 12.5. The van der Waals surface area contributed by atoms with E-state index in [1.807, 2.05) is 6.07 Å². The lowest BCUT2D eigenvalue weighted by Gasteiger charge is -2.32. The molecule has 0 spiro atoms. The normalized spacial score (nSPS) is 19.1. The molecule has 3 aromatic carbocycles. The molecule has 26 heavy (non-hydrogen) atoms. The highest BCUT2D eigenvalue weighted by Crippen LogP contribution is 2.39. The van der Waals surface area contributed by atoms with Gasteiger partial charge in [0.1, 0.15) is 0 Å². The number of rotatable bonds is 2. The van der Waals surface area contributed by atoms with Gasteiger partial charge < -0.3 is 5.32 Å². The van der Waals surface area contributed by atoms with Crippen molar-refractivity contribution in [2.24, 2.45) is 4.99 Å². The predicted octanol–water partition coefficient (Wildman–Crippen LogP) is 6.75. The monoisotopic (exact) mass is 564 g/mol. The highest BCUT2D eigenvalue weighted by atomic mass is 127. The first-order valence-electron chi connectivity index (χ1n) is 8.50. The van der Waals surface area contributed by atoms with Crippen LogP contribution < -0.4 is 5.32 Å². The summed E-state index contributed by atoms with van der Waals surface area (Å²) in [4.78, 5) is 5.03. The molecule has 1 N–H and O–H groups in total. The molecule has 4 heteroatoms. The molecule has 0 radical (unpaired) electrons. The summed E-state index contributed by atoms with van der Waals surface area (Å²) < 4.78 is 2.48. The number of nitrogens with one attached hydrogen (secondary N) is 1. The summed E-state index contributed by atoms with van der Waals surface area (Å²) in [7, 11) is 0. The second-order valence-electron chi connectivity index (χ2n) is 6.72. The fraction of sp³-hybridized carbons (Fsp3) is 0.136. The Balaban J connectivity index is 1.84. The minimum Gasteiger partial charge on any atom is -0.374 e. The zero-order chi connectivity index (χ0) is 18.1. The van der Waals surface area contributed by atoms with Gasteiger partial charge in [0.25, 0.3) is 0 Å². The smallest absolute Gasteiger partial charge is 0.0864 e. The molecule has 2 nitrogen and oxygen atoms in total. The third kappa shape index (κ3) is 3.67. The van der Waals surface area contributed by atoms with Crippen LogP contribution in [0.1, 0.15) is 24.5 Å². The van der Waals surface area contributed by atoms with E-state index in [1.54, 1.807) is 0 Å². The first-order valence-corrected chi connectivity index (χ1v) is 10.7. The van der Waals surface area contributed by atoms with Gasteiger partial charge in [-0.25, -0.2) is 0 Å². The Bertz CT molecular complexity index is 962. The fourth-order valence-corrected chi connectivity index (χ4v) is 4.06. The Hall–Kier alpha value is -1.41. The van der Waals surface area contributed by atoms with Gasteiger partial charge in [0.15, 0.2) is 0 Å². The standard InChI is InChI=1S/C22H18I2N2/c1-22(16-8-12-18(24)13-9-16)14-21(15-6-10-17(23)11-7-15)25-19-4-2-3-5-20(19)26-22/h2-13,26H,14H2,1H3. The molecule has 1 unspecified atom stereocenters. The number of nitrogens with zero attached hydrogens (tertiary/aromatic N) is 1. The van der Waals surface area contributed by atoms with E-state index in [4.69, 9.17) is 4.99 Å². The van der Waals surface area contributed by atoms with Crippen molar-refractivity contribution in [1.82, 2.24) is 0 Å². The summed E-state index contributed by atoms with van der Waals surface area (Å²) in [6.07, 6.45) is 0.822. The van der Waals surface area contributed by atoms with E-state index < -0.39 is 0 Å². The lowest BCUT2D eigenvalue weighted by Crippen LogP contribution is -2.33. The predicted molar refractivity (Wildman–Crippen MR) is 127 cm³/mol. The average molecular weight is 564 g/mol. The van der Waals surface area contributed by atoms with Crippen molar-refractivity contribution in [2.45, 2.75) is 18.9 Å². The van der Waals surface area contributed by atoms with Gasteiger partial charge in [-0.15, -0.1) is 0 Å². The molecule has 0 aliphatic carbocycles. The van der Waals surface area contributed by atoms with Crippen LogP contribution >= 0.6 is 45.2 Å². The number of aliphatic imine (C=N–C) groups is 1. The molecular weight excluding hydrogens is 546 g/mol. The Morgan fingerprint density at radius 2 is 1.46 bits per heavy atom. The zero-order valence-corrected chi connectivity index (χ0v) is 18.7. The summed E-state index contributed by atoms with van der Waals surface area (Å²) in [5.74, 6) is 0. The second-order valence-corrected chi connectivity index (χ2v) is 9.21. The quantitative estimate of drug-likeness (QED) is 0.343. The summed E-state index contributed by atoms with van der Waals surface area (Å²) in [6.45, 7) is 2.26. The van der Waals surface area contributed by atoms with Crippen LogP contribution in [-0.2, 0) is 5.54 Å². The van der Waals surface area contributed by atoms with Crippen LogP contribution in [0.2, 0.25) is 0 Å². The summed E-state index contributed by atoms with van der Waals surface area (Å²) in [5, 5.41) is 3.76. The van der Waals surface area contributed by atoms with Gasteiger partial charge in [-0.2, -0.15) is 0 Å². The van der Waals surface area contributed by atoms with Crippen molar-refractivity contribution in [3.8, 4) is 0 Å². The Labute approximate surface area is 181 Å². The van der Waals surface area contributed by atoms with Crippen LogP contribution in [-0.4, -0.2) is 5.71 Å². The van der Waals surface area contributed by atoms with Crippen LogP contribution in [0.15, 0.2) is 77.8 Å². The van der Waals surface area contributed by atoms with Gasteiger partial charge in [-0.3, -0.25) is 4.99 Å². The highest BCUT2D eigenvalue weighted by molar-refractivity contribution is 14.1. The Morgan fingerprint density at radius 3 is 2.15 bits per heavy atom. The molecule has 0 aromatic heterocycles. The van der Waals surface area contributed by atoms with Crippen LogP contribution in [0.3, 0.4) is 0 Å². The fourth-order valence-electron chi connectivity index (χ4n) is 3.34. The molecule has 130 valence electrons. The van der Waals surface area contributed by atoms with Crippen LogP contribution in [0.5, 0.6) is 0 Å². The number of hydrogen-bond acceptors (Lipinski definition) is 2. The van der Waals surface area contributed by atoms with Crippen molar-refractivity contribution in [3.63, 3.8) is 0 Å². The number of fused-ring (bicyclic) bond motifs is 1. The number of hydrogen-bond donors (Lipinski definition) is 1. The van der Waals surface area contributed by atoms with E-state index in [9.17, 15) is 0 Å². The van der Waals surface area contributed by atoms with Crippen molar-refractivity contribution >= 4 is 62.3 Å². The van der Waals surface area contributed by atoms with Crippen molar-refractivity contribution in [3.05, 3.63) is 91.1 Å². The number of anilines is 1. The molecule has 1 aliphatic heterocycles. The molecule has 0 bridgehead atoms. The topological polar surface area (TPSA) is 24.4 Å². The zero-order valence-electron chi connectivity index (χ0n) is 14.3. The van der Waals surface area contributed by atoms with Crippen LogP contribution in [0.25, 0.3) is 0 Å². The third-order valence-electron chi connectivity index (χ3n) is 4.75. The van der Waals surface area contributed by atoms with E-state index in [0.29, 0.717) is 0 Å². The van der Waals surface area contributed by atoms with E-state index in [-0.39, 0.29) is 5.54 Å². The molecule has 1 aliphatic rings. The molecule has 1 atom stereocenters. The summed E-state index contributed by atoms with van der Waals surface area (Å²) >= 11 is 4.69. The van der Waals surface area contributed by atoms with Gasteiger partial charge in [0.05, 0.1) is 22.6 Å². The summed E-state index contributed by atoms with van der Waals surface area (Å²) in [6, 6.07) is 25.7. The highest BCUT2D eigenvalue weighted by Gasteiger charge is 2.31. The molecule has 0 amide bonds. The Morgan fingerprint density at radius 1 is 0.846 bits per heavy atom. The van der Waals surface area contributed by atoms with Crippen molar-refractivity contribution < 1.29 is 0 Å². The van der Waals surface area contributed by atoms with Gasteiger partial charge in [-0.1, -0.05) is 36.4 Å². The van der Waals surface area contributed by atoms with Crippen molar-refractivity contribution in [1.29, 1.82) is 0 Å². The second kappa shape index (κ2) is 7.31. The third-order valence-corrected chi connectivity index (χ3v) is 6.19. The van der Waals surface area contributed by atoms with E-state index in [0.717, 1.165) is 23.5 Å². The summed E-state index contributed by atoms with van der Waals surface area (Å²) in [5.41, 5.74) is 5.41. The maximum Gasteiger partial charge on any atom is 0.0864 e. The van der Waals surface area contributed by atoms with Crippen LogP contribution in [0.4, 0.5) is 11.4 Å². The molecule has 0 fully saturated rings. The van der Waals surface area contributed by atoms with E-state index in [1.165, 1.54) is 18.3 Å². The Kier molecular flexibility index (Phi) is 5.05. The van der Waals surface area contributed by atoms with Crippen molar-refractivity contribution in [2.75, 3.05) is 5.32 Å². The van der Waals surface area contributed by atoms with Crippen LogP contribution in [0, 0.1) is 7.14 Å². The lowest BCUT2D eigenvalue weighted by molar-refractivity contribution is 0.571. The maximum atomic E-state index is 5.03. The minimum atomic E-state index is -0.223. The molecule has 4 rings (SSSR count). The molecule has 0 saturated heterocycles. The average Bonchev–Trinajstić information content (AvgIpc) is 2.79. The molecular formula is C22H18I2N2. The maximum absolute atomic E-state index is 5.03. The van der Waals surface area contributed by atoms with Gasteiger partial charge in [-0.05, 0) is 99.6 Å². The van der Waals surface area contributed by atoms with E-state index in [2.05, 4.69) is 124 Å². The molecule has 1 heterocycles. The van der Waals surface area contributed by atoms with Gasteiger partial charge >= 0.3 is 0 Å². The SMILES string of the molecule is CC1(c2ccc(I)cc2)CC(c2ccc(I)cc2)=Nc2ccccc2N1. The first kappa shape index (κ1) is 18.0. The molecule has 3 aromatic rings. The number of benzene rings is 3. The van der Waals surface area contributed by atoms with Gasteiger partial charge in [0, 0.05) is 13.6 Å². The number of halogens is 2. The van der Waals surface area contributed by atoms with Gasteiger partial charge in [0.2, 0.25) is 0 Å². The minimum absolute atomic E-state index is 0.223. The van der Waals surface area contributed by atoms with E-state index >= 15 is 0 Å². The lowest BCUT2D eigenvalue weighted by atomic mass is 9.85.